The predicted octanol–water partition coefficient (Wildman–Crippen LogP) is -0.0310. The number of hydrogen-bond donors (Lipinski definition) is 2. The highest BCUT2D eigenvalue weighted by atomic mass is 16.2. The Bertz CT molecular complexity index is 229. The molecule has 0 fully saturated rings. The Morgan fingerprint density at radius 3 is 2.44 bits per heavy atom. The number of carbonyl (C=O) groups is 2. The highest BCUT2D eigenvalue weighted by molar-refractivity contribution is 5.78. The molecule has 0 heterocycles. The van der Waals surface area contributed by atoms with Crippen LogP contribution in [0.25, 0.3) is 0 Å². The summed E-state index contributed by atoms with van der Waals surface area (Å²) in [7, 11) is 1.76. The van der Waals surface area contributed by atoms with Crippen LogP contribution in [-0.2, 0) is 9.59 Å². The molecular weight excluding hydrogens is 206 g/mol. The zero-order valence-corrected chi connectivity index (χ0v) is 10.7. The maximum absolute atomic E-state index is 11.4. The van der Waals surface area contributed by atoms with Crippen LogP contribution in [0, 0.1) is 0 Å². The third kappa shape index (κ3) is 7.23. The third-order valence-corrected chi connectivity index (χ3v) is 2.15. The molecule has 0 saturated carbocycles. The molecule has 0 aliphatic heterocycles. The second-order valence-corrected chi connectivity index (χ2v) is 4.06. The first kappa shape index (κ1) is 14.9. The fourth-order valence-corrected chi connectivity index (χ4v) is 1.10. The zero-order valence-electron chi connectivity index (χ0n) is 10.7. The molecule has 0 rings (SSSR count). The van der Waals surface area contributed by atoms with Gasteiger partial charge in [-0.2, -0.15) is 0 Å². The van der Waals surface area contributed by atoms with Crippen molar-refractivity contribution in [3.05, 3.63) is 0 Å². The van der Waals surface area contributed by atoms with Crippen LogP contribution in [-0.4, -0.2) is 49.4 Å². The van der Waals surface area contributed by atoms with Crippen LogP contribution >= 0.6 is 0 Å². The van der Waals surface area contributed by atoms with Gasteiger partial charge in [-0.15, -0.1) is 0 Å². The van der Waals surface area contributed by atoms with Gasteiger partial charge in [-0.1, -0.05) is 0 Å². The molecule has 0 aliphatic rings. The van der Waals surface area contributed by atoms with E-state index in [1.807, 2.05) is 20.8 Å². The van der Waals surface area contributed by atoms with Crippen molar-refractivity contribution in [3.8, 4) is 0 Å². The standard InChI is InChI=1S/C11H23N3O2/c1-5-14(4)11(16)8-12-7-6-10(15)13-9(2)3/h9,12H,5-8H2,1-4H3,(H,13,15). The molecular formula is C11H23N3O2. The van der Waals surface area contributed by atoms with E-state index >= 15 is 0 Å². The lowest BCUT2D eigenvalue weighted by molar-refractivity contribution is -0.129. The first-order valence-corrected chi connectivity index (χ1v) is 5.71. The summed E-state index contributed by atoms with van der Waals surface area (Å²) >= 11 is 0. The number of nitrogens with one attached hydrogen (secondary N) is 2. The molecule has 0 unspecified atom stereocenters. The maximum atomic E-state index is 11.4. The maximum Gasteiger partial charge on any atom is 0.236 e. The lowest BCUT2D eigenvalue weighted by Gasteiger charge is -2.14. The van der Waals surface area contributed by atoms with Crippen molar-refractivity contribution in [2.75, 3.05) is 26.7 Å². The van der Waals surface area contributed by atoms with E-state index < -0.39 is 0 Å². The van der Waals surface area contributed by atoms with Gasteiger partial charge in [0.15, 0.2) is 0 Å². The average Bonchev–Trinajstić information content (AvgIpc) is 2.21. The highest BCUT2D eigenvalue weighted by Crippen LogP contribution is 1.84. The van der Waals surface area contributed by atoms with Crippen LogP contribution in [0.2, 0.25) is 0 Å². The number of amides is 2. The predicted molar refractivity (Wildman–Crippen MR) is 64.1 cm³/mol. The Hall–Kier alpha value is -1.10. The van der Waals surface area contributed by atoms with Crippen molar-refractivity contribution in [2.24, 2.45) is 0 Å². The van der Waals surface area contributed by atoms with Crippen molar-refractivity contribution in [1.82, 2.24) is 15.5 Å². The third-order valence-electron chi connectivity index (χ3n) is 2.15. The Morgan fingerprint density at radius 2 is 1.94 bits per heavy atom. The molecule has 0 spiro atoms. The van der Waals surface area contributed by atoms with Gasteiger partial charge in [0, 0.05) is 32.6 Å². The Morgan fingerprint density at radius 1 is 1.31 bits per heavy atom. The van der Waals surface area contributed by atoms with Crippen molar-refractivity contribution < 1.29 is 9.59 Å². The van der Waals surface area contributed by atoms with Gasteiger partial charge >= 0.3 is 0 Å². The smallest absolute Gasteiger partial charge is 0.236 e. The largest absolute Gasteiger partial charge is 0.354 e. The van der Waals surface area contributed by atoms with Gasteiger partial charge in [-0.3, -0.25) is 9.59 Å². The average molecular weight is 229 g/mol. The van der Waals surface area contributed by atoms with Crippen LogP contribution < -0.4 is 10.6 Å². The number of nitrogens with zero attached hydrogens (tertiary/aromatic N) is 1. The molecule has 0 radical (unpaired) electrons. The minimum Gasteiger partial charge on any atom is -0.354 e. The van der Waals surface area contributed by atoms with Crippen molar-refractivity contribution in [2.45, 2.75) is 33.2 Å². The SMILES string of the molecule is CCN(C)C(=O)CNCCC(=O)NC(C)C. The summed E-state index contributed by atoms with van der Waals surface area (Å²) in [6, 6.07) is 0.167. The second kappa shape index (κ2) is 8.10. The summed E-state index contributed by atoms with van der Waals surface area (Å²) in [5, 5.41) is 5.74. The van der Waals surface area contributed by atoms with Gasteiger partial charge in [-0.05, 0) is 20.8 Å². The molecule has 5 heteroatoms. The van der Waals surface area contributed by atoms with E-state index in [0.717, 1.165) is 0 Å². The summed E-state index contributed by atoms with van der Waals surface area (Å²) in [5.41, 5.74) is 0. The lowest BCUT2D eigenvalue weighted by Crippen LogP contribution is -2.37. The Balaban J connectivity index is 3.53. The number of likely N-dealkylation sites (N-methyl/N-ethyl adjacent to an activating group) is 1. The van der Waals surface area contributed by atoms with Crippen molar-refractivity contribution in [1.29, 1.82) is 0 Å². The van der Waals surface area contributed by atoms with E-state index in [1.165, 1.54) is 0 Å². The van der Waals surface area contributed by atoms with Gasteiger partial charge < -0.3 is 15.5 Å². The monoisotopic (exact) mass is 229 g/mol. The molecule has 2 amide bonds. The summed E-state index contributed by atoms with van der Waals surface area (Å²) in [5.74, 6) is 0.0607. The summed E-state index contributed by atoms with van der Waals surface area (Å²) in [6.07, 6.45) is 0.404. The van der Waals surface area contributed by atoms with Gasteiger partial charge in [0.1, 0.15) is 0 Å². The molecule has 16 heavy (non-hydrogen) atoms. The van der Waals surface area contributed by atoms with Crippen molar-refractivity contribution in [3.63, 3.8) is 0 Å². The van der Waals surface area contributed by atoms with E-state index in [2.05, 4.69) is 10.6 Å². The first-order chi connectivity index (χ1) is 7.47. The van der Waals surface area contributed by atoms with E-state index in [4.69, 9.17) is 0 Å². The fraction of sp³-hybridized carbons (Fsp3) is 0.818. The van der Waals surface area contributed by atoms with Crippen LogP contribution in [0.5, 0.6) is 0 Å². The quantitative estimate of drug-likeness (QED) is 0.603. The number of rotatable bonds is 7. The van der Waals surface area contributed by atoms with Gasteiger partial charge in [-0.25, -0.2) is 0 Å². The molecule has 0 saturated heterocycles. The summed E-state index contributed by atoms with van der Waals surface area (Å²) in [4.78, 5) is 24.2. The first-order valence-electron chi connectivity index (χ1n) is 5.71. The van der Waals surface area contributed by atoms with Crippen LogP contribution in [0.4, 0.5) is 0 Å². The van der Waals surface area contributed by atoms with Crippen LogP contribution in [0.15, 0.2) is 0 Å². The topological polar surface area (TPSA) is 61.4 Å². The Kier molecular flexibility index (Phi) is 7.54. The minimum atomic E-state index is 0.0128. The van der Waals surface area contributed by atoms with Gasteiger partial charge in [0.25, 0.3) is 0 Å². The van der Waals surface area contributed by atoms with E-state index in [1.54, 1.807) is 11.9 Å². The van der Waals surface area contributed by atoms with Crippen molar-refractivity contribution >= 4 is 11.8 Å². The molecule has 2 N–H and O–H groups in total. The molecule has 0 aromatic heterocycles. The Labute approximate surface area is 97.6 Å². The lowest BCUT2D eigenvalue weighted by atomic mass is 10.3. The number of hydrogen-bond acceptors (Lipinski definition) is 3. The zero-order chi connectivity index (χ0) is 12.6. The molecule has 0 aromatic rings. The van der Waals surface area contributed by atoms with Gasteiger partial charge in [0.05, 0.1) is 6.54 Å². The van der Waals surface area contributed by atoms with E-state index in [9.17, 15) is 9.59 Å². The molecule has 94 valence electrons. The number of carbonyl (C=O) groups excluding carboxylic acids is 2. The highest BCUT2D eigenvalue weighted by Gasteiger charge is 2.06. The van der Waals surface area contributed by atoms with E-state index in [0.29, 0.717) is 26.1 Å². The van der Waals surface area contributed by atoms with Gasteiger partial charge in [0.2, 0.25) is 11.8 Å². The summed E-state index contributed by atoms with van der Waals surface area (Å²) in [6.45, 7) is 7.29. The normalized spacial score (nSPS) is 10.3. The fourth-order valence-electron chi connectivity index (χ4n) is 1.10. The van der Waals surface area contributed by atoms with Crippen LogP contribution in [0.3, 0.4) is 0 Å². The molecule has 0 bridgehead atoms. The molecule has 0 atom stereocenters. The summed E-state index contributed by atoms with van der Waals surface area (Å²) < 4.78 is 0. The van der Waals surface area contributed by atoms with Crippen LogP contribution in [0.1, 0.15) is 27.2 Å². The minimum absolute atomic E-state index is 0.0128. The van der Waals surface area contributed by atoms with E-state index in [-0.39, 0.29) is 17.9 Å². The second-order valence-electron chi connectivity index (χ2n) is 4.06. The molecule has 5 nitrogen and oxygen atoms in total. The molecule has 0 aliphatic carbocycles. The molecule has 0 aromatic carbocycles.